The molecule has 0 fully saturated rings. The minimum atomic E-state index is -3.42. The van der Waals surface area contributed by atoms with Crippen LogP contribution in [0.1, 0.15) is 21.5 Å². The first-order chi connectivity index (χ1) is 15.7. The number of ketones is 1. The number of hydrogen-bond donors (Lipinski definition) is 1. The van der Waals surface area contributed by atoms with Crippen molar-refractivity contribution in [2.75, 3.05) is 6.26 Å². The lowest BCUT2D eigenvalue weighted by molar-refractivity contribution is 0.0489. The zero-order chi connectivity index (χ0) is 23.6. The van der Waals surface area contributed by atoms with Crippen molar-refractivity contribution in [2.24, 2.45) is 0 Å². The second-order valence-corrected chi connectivity index (χ2v) is 9.77. The van der Waals surface area contributed by atoms with E-state index < -0.39 is 27.0 Å². The molecule has 4 aromatic rings. The van der Waals surface area contributed by atoms with Gasteiger partial charge in [0.05, 0.1) is 4.90 Å². The average molecular weight is 461 g/mol. The molecule has 0 aliphatic rings. The molecule has 0 heterocycles. The summed E-state index contributed by atoms with van der Waals surface area (Å²) in [7, 11) is -3.42. The number of benzene rings is 4. The topological polar surface area (TPSA) is 71.4 Å². The summed E-state index contributed by atoms with van der Waals surface area (Å²) in [6.07, 6.45) is 1.10. The van der Waals surface area contributed by atoms with Crippen LogP contribution in [-0.4, -0.2) is 25.6 Å². The lowest BCUT2D eigenvalue weighted by Gasteiger charge is -2.30. The molecule has 1 N–H and O–H groups in total. The second-order valence-electron chi connectivity index (χ2n) is 7.76. The van der Waals surface area contributed by atoms with E-state index in [1.807, 2.05) is 0 Å². The summed E-state index contributed by atoms with van der Waals surface area (Å²) in [5.74, 6) is -1.11. The summed E-state index contributed by atoms with van der Waals surface area (Å²) in [5.41, 5.74) is -0.541. The number of rotatable bonds is 6. The lowest BCUT2D eigenvalue weighted by atomic mass is 9.77. The second kappa shape index (κ2) is 8.73. The Kier molecular flexibility index (Phi) is 5.97. The molecule has 0 amide bonds. The van der Waals surface area contributed by atoms with Crippen LogP contribution < -0.4 is 0 Å². The first-order valence-electron chi connectivity index (χ1n) is 10.2. The van der Waals surface area contributed by atoms with Gasteiger partial charge in [-0.25, -0.2) is 12.8 Å². The third-order valence-electron chi connectivity index (χ3n) is 5.52. The van der Waals surface area contributed by atoms with Crippen molar-refractivity contribution in [1.29, 1.82) is 0 Å². The van der Waals surface area contributed by atoms with E-state index in [1.54, 1.807) is 60.7 Å². The van der Waals surface area contributed by atoms with Gasteiger partial charge in [0.1, 0.15) is 5.82 Å². The van der Waals surface area contributed by atoms with Crippen molar-refractivity contribution in [2.45, 2.75) is 10.5 Å². The maximum atomic E-state index is 14.4. The number of hydrogen-bond acceptors (Lipinski definition) is 4. The highest BCUT2D eigenvalue weighted by molar-refractivity contribution is 7.90. The van der Waals surface area contributed by atoms with Crippen molar-refractivity contribution in [3.05, 3.63) is 126 Å². The molecule has 4 nitrogen and oxygen atoms in total. The number of halogens is 1. The molecule has 0 spiro atoms. The Morgan fingerprint density at radius 1 is 0.818 bits per heavy atom. The van der Waals surface area contributed by atoms with Gasteiger partial charge in [-0.05, 0) is 41.0 Å². The fourth-order valence-corrected chi connectivity index (χ4v) is 4.47. The van der Waals surface area contributed by atoms with Gasteiger partial charge in [0.15, 0.2) is 15.4 Å². The zero-order valence-electron chi connectivity index (χ0n) is 17.8. The van der Waals surface area contributed by atoms with E-state index in [0.29, 0.717) is 16.7 Å². The van der Waals surface area contributed by atoms with Crippen LogP contribution in [0.25, 0.3) is 11.1 Å². The molecule has 6 heteroatoms. The molecule has 4 aromatic carbocycles. The minimum Gasteiger partial charge on any atom is -0.373 e. The van der Waals surface area contributed by atoms with Crippen LogP contribution in [0.5, 0.6) is 0 Å². The van der Waals surface area contributed by atoms with Gasteiger partial charge in [-0.15, -0.1) is 0 Å². The molecular weight excluding hydrogens is 439 g/mol. The van der Waals surface area contributed by atoms with E-state index in [4.69, 9.17) is 0 Å². The van der Waals surface area contributed by atoms with Crippen molar-refractivity contribution in [1.82, 2.24) is 0 Å². The van der Waals surface area contributed by atoms with Crippen LogP contribution >= 0.6 is 0 Å². The Hall–Kier alpha value is -3.61. The number of aliphatic hydroxyl groups is 1. The number of carbonyl (C=O) groups excluding carboxylic acids is 1. The maximum absolute atomic E-state index is 14.4. The van der Waals surface area contributed by atoms with Crippen molar-refractivity contribution in [3.63, 3.8) is 0 Å². The molecule has 0 radical (unpaired) electrons. The third-order valence-corrected chi connectivity index (χ3v) is 6.65. The molecule has 4 rings (SSSR count). The van der Waals surface area contributed by atoms with Gasteiger partial charge in [0.25, 0.3) is 0 Å². The smallest absolute Gasteiger partial charge is 0.203 e. The Labute approximate surface area is 191 Å². The molecule has 1 atom stereocenters. The molecule has 0 saturated carbocycles. The van der Waals surface area contributed by atoms with Gasteiger partial charge in [-0.1, -0.05) is 78.9 Å². The van der Waals surface area contributed by atoms with Crippen LogP contribution in [0.3, 0.4) is 0 Å². The van der Waals surface area contributed by atoms with E-state index in [1.165, 1.54) is 42.5 Å². The van der Waals surface area contributed by atoms with E-state index in [0.717, 1.165) is 6.26 Å². The molecule has 33 heavy (non-hydrogen) atoms. The fourth-order valence-electron chi connectivity index (χ4n) is 3.84. The normalized spacial score (nSPS) is 13.3. The van der Waals surface area contributed by atoms with Gasteiger partial charge < -0.3 is 5.11 Å². The predicted molar refractivity (Wildman–Crippen MR) is 125 cm³/mol. The summed E-state index contributed by atoms with van der Waals surface area (Å²) >= 11 is 0. The van der Waals surface area contributed by atoms with E-state index in [2.05, 4.69) is 0 Å². The highest BCUT2D eigenvalue weighted by Crippen LogP contribution is 2.39. The standard InChI is InChI=1S/C27H21FO4S/c1-33(31,32)23-15-12-19(13-16-23)24-18-22(28)14-17-25(24)27(30,21-10-6-3-7-11-21)26(29)20-8-4-2-5-9-20/h2-18,30H,1H3. The molecule has 0 aliphatic heterocycles. The van der Waals surface area contributed by atoms with Crippen LogP contribution in [0.15, 0.2) is 108 Å². The van der Waals surface area contributed by atoms with E-state index in [-0.39, 0.29) is 16.0 Å². The average Bonchev–Trinajstić information content (AvgIpc) is 2.83. The molecule has 0 bridgehead atoms. The fraction of sp³-hybridized carbons (Fsp3) is 0.0741. The van der Waals surface area contributed by atoms with Gasteiger partial charge in [-0.2, -0.15) is 0 Å². The summed E-state index contributed by atoms with van der Waals surface area (Å²) in [4.78, 5) is 13.8. The molecule has 0 aliphatic carbocycles. The Bertz CT molecular complexity index is 1400. The highest BCUT2D eigenvalue weighted by Gasteiger charge is 2.42. The van der Waals surface area contributed by atoms with Crippen LogP contribution in [0.4, 0.5) is 4.39 Å². The molecule has 166 valence electrons. The van der Waals surface area contributed by atoms with Gasteiger partial charge in [0, 0.05) is 17.4 Å². The van der Waals surface area contributed by atoms with E-state index in [9.17, 15) is 22.7 Å². The first kappa shape index (κ1) is 22.6. The third kappa shape index (κ3) is 4.35. The van der Waals surface area contributed by atoms with Crippen molar-refractivity contribution < 1.29 is 22.7 Å². The maximum Gasteiger partial charge on any atom is 0.203 e. The minimum absolute atomic E-state index is 0.114. The van der Waals surface area contributed by atoms with Crippen LogP contribution in [0, 0.1) is 5.82 Å². The van der Waals surface area contributed by atoms with Crippen LogP contribution in [0.2, 0.25) is 0 Å². The van der Waals surface area contributed by atoms with Gasteiger partial charge in [-0.3, -0.25) is 4.79 Å². The first-order valence-corrected chi connectivity index (χ1v) is 12.1. The molecule has 1 unspecified atom stereocenters. The Morgan fingerprint density at radius 2 is 1.39 bits per heavy atom. The van der Waals surface area contributed by atoms with E-state index >= 15 is 0 Å². The lowest BCUT2D eigenvalue weighted by Crippen LogP contribution is -2.37. The quantitative estimate of drug-likeness (QED) is 0.411. The van der Waals surface area contributed by atoms with Crippen molar-refractivity contribution in [3.8, 4) is 11.1 Å². The largest absolute Gasteiger partial charge is 0.373 e. The highest BCUT2D eigenvalue weighted by atomic mass is 32.2. The Morgan fingerprint density at radius 3 is 1.97 bits per heavy atom. The predicted octanol–water partition coefficient (Wildman–Crippen LogP) is 5.02. The Balaban J connectivity index is 1.97. The SMILES string of the molecule is CS(=O)(=O)c1ccc(-c2cc(F)ccc2C(O)(C(=O)c2ccccc2)c2ccccc2)cc1. The summed E-state index contributed by atoms with van der Waals surface area (Å²) in [6.45, 7) is 0. The van der Waals surface area contributed by atoms with Gasteiger partial charge in [0.2, 0.25) is 5.78 Å². The summed E-state index contributed by atoms with van der Waals surface area (Å²) in [6, 6.07) is 26.6. The summed E-state index contributed by atoms with van der Waals surface area (Å²) in [5, 5.41) is 12.0. The van der Waals surface area contributed by atoms with Crippen LogP contribution in [-0.2, 0) is 15.4 Å². The monoisotopic (exact) mass is 460 g/mol. The molecule has 0 aromatic heterocycles. The number of carbonyl (C=O) groups is 1. The number of sulfone groups is 1. The van der Waals surface area contributed by atoms with Crippen molar-refractivity contribution >= 4 is 15.6 Å². The van der Waals surface area contributed by atoms with Gasteiger partial charge >= 0.3 is 0 Å². The summed E-state index contributed by atoms with van der Waals surface area (Å²) < 4.78 is 38.0. The molecule has 0 saturated heterocycles. The molecular formula is C27H21FO4S. The zero-order valence-corrected chi connectivity index (χ0v) is 18.6. The number of Topliss-reactive ketones (excluding diaryl/α,β-unsaturated/α-hetero) is 1.